The molecule has 0 saturated heterocycles. The molecule has 2 aromatic rings. The minimum absolute atomic E-state index is 0.0798. The van der Waals surface area contributed by atoms with Crippen molar-refractivity contribution in [1.82, 2.24) is 0 Å². The first-order valence-corrected chi connectivity index (χ1v) is 9.53. The highest BCUT2D eigenvalue weighted by Crippen LogP contribution is 2.25. The van der Waals surface area contributed by atoms with E-state index in [4.69, 9.17) is 5.11 Å². The molecule has 1 N–H and O–H groups in total. The summed E-state index contributed by atoms with van der Waals surface area (Å²) in [5.41, 5.74) is 3.37. The van der Waals surface area contributed by atoms with E-state index in [-0.39, 0.29) is 18.8 Å². The number of hydrogen-bond acceptors (Lipinski definition) is 4. The van der Waals surface area contributed by atoms with Crippen LogP contribution in [0.25, 0.3) is 5.57 Å². The van der Waals surface area contributed by atoms with Crippen molar-refractivity contribution < 1.29 is 22.7 Å². The van der Waals surface area contributed by atoms with Gasteiger partial charge in [-0.05, 0) is 53.7 Å². The zero-order valence-corrected chi connectivity index (χ0v) is 15.5. The SMILES string of the molecule is O=C(O)CCC/C=C(\c1ccc(CCN=S(=O)=O)cc1)c1cccc(F)c1. The monoisotopic (exact) mass is 389 g/mol. The lowest BCUT2D eigenvalue weighted by Crippen LogP contribution is -1.95. The smallest absolute Gasteiger partial charge is 0.311 e. The molecule has 0 spiro atoms. The number of rotatable bonds is 9. The summed E-state index contributed by atoms with van der Waals surface area (Å²) in [5.74, 6) is -1.18. The number of nitrogens with zero attached hydrogens (tertiary/aromatic N) is 1. The Balaban J connectivity index is 2.23. The van der Waals surface area contributed by atoms with Crippen LogP contribution in [0.2, 0.25) is 0 Å². The van der Waals surface area contributed by atoms with Gasteiger partial charge in [0.05, 0.1) is 6.54 Å². The zero-order valence-electron chi connectivity index (χ0n) is 14.6. The fourth-order valence-corrected chi connectivity index (χ4v) is 2.90. The third-order valence-electron chi connectivity index (χ3n) is 3.94. The normalized spacial score (nSPS) is 11.2. The Bertz CT molecular complexity index is 942. The molecule has 27 heavy (non-hydrogen) atoms. The minimum atomic E-state index is -2.40. The minimum Gasteiger partial charge on any atom is -0.481 e. The fourth-order valence-electron chi connectivity index (χ4n) is 2.66. The van der Waals surface area contributed by atoms with Gasteiger partial charge in [0, 0.05) is 6.42 Å². The molecule has 0 amide bonds. The van der Waals surface area contributed by atoms with E-state index in [1.54, 1.807) is 6.07 Å². The maximum atomic E-state index is 13.6. The van der Waals surface area contributed by atoms with Gasteiger partial charge in [0.1, 0.15) is 5.82 Å². The molecule has 0 atom stereocenters. The zero-order chi connectivity index (χ0) is 19.6. The number of halogens is 1. The van der Waals surface area contributed by atoms with Gasteiger partial charge in [0.25, 0.3) is 0 Å². The van der Waals surface area contributed by atoms with Gasteiger partial charge in [-0.3, -0.25) is 4.79 Å². The van der Waals surface area contributed by atoms with E-state index in [9.17, 15) is 17.6 Å². The molecule has 0 radical (unpaired) electrons. The predicted octanol–water partition coefficient (Wildman–Crippen LogP) is 4.12. The highest BCUT2D eigenvalue weighted by atomic mass is 32.2. The highest BCUT2D eigenvalue weighted by molar-refractivity contribution is 7.61. The average Bonchev–Trinajstić information content (AvgIpc) is 2.62. The summed E-state index contributed by atoms with van der Waals surface area (Å²) in [6.07, 6.45) is 3.57. The second kappa shape index (κ2) is 10.4. The Morgan fingerprint density at radius 3 is 2.48 bits per heavy atom. The van der Waals surface area contributed by atoms with Gasteiger partial charge >= 0.3 is 16.5 Å². The predicted molar refractivity (Wildman–Crippen MR) is 101 cm³/mol. The molecule has 0 bridgehead atoms. The van der Waals surface area contributed by atoms with E-state index in [0.717, 1.165) is 22.3 Å². The first-order chi connectivity index (χ1) is 13.0. The number of carboxylic acid groups (broad SMARTS) is 1. The number of aliphatic carboxylic acids is 1. The van der Waals surface area contributed by atoms with Gasteiger partial charge in [0.15, 0.2) is 0 Å². The van der Waals surface area contributed by atoms with Crippen LogP contribution in [0.1, 0.15) is 36.0 Å². The molecule has 2 aromatic carbocycles. The Morgan fingerprint density at radius 2 is 1.85 bits per heavy atom. The third kappa shape index (κ3) is 7.15. The summed E-state index contributed by atoms with van der Waals surface area (Å²) < 4.78 is 37.9. The van der Waals surface area contributed by atoms with Gasteiger partial charge in [-0.15, -0.1) is 0 Å². The van der Waals surface area contributed by atoms with Crippen LogP contribution >= 0.6 is 0 Å². The van der Waals surface area contributed by atoms with Crippen molar-refractivity contribution in [3.63, 3.8) is 0 Å². The first-order valence-electron chi connectivity index (χ1n) is 8.50. The van der Waals surface area contributed by atoms with Crippen molar-refractivity contribution in [2.24, 2.45) is 4.36 Å². The quantitative estimate of drug-likeness (QED) is 0.654. The number of carboxylic acids is 1. The van der Waals surface area contributed by atoms with E-state index in [1.165, 1.54) is 12.1 Å². The van der Waals surface area contributed by atoms with Crippen LogP contribution in [0, 0.1) is 5.82 Å². The first kappa shape index (κ1) is 20.5. The molecule has 0 aliphatic rings. The number of allylic oxidation sites excluding steroid dienone is 1. The molecule has 0 saturated carbocycles. The molecule has 5 nitrogen and oxygen atoms in total. The number of unbranched alkanes of at least 4 members (excludes halogenated alkanes) is 1. The summed E-state index contributed by atoms with van der Waals surface area (Å²) in [6.45, 7) is 0.192. The van der Waals surface area contributed by atoms with Gasteiger partial charge < -0.3 is 5.11 Å². The lowest BCUT2D eigenvalue weighted by atomic mass is 9.95. The molecule has 0 aliphatic carbocycles. The third-order valence-corrected chi connectivity index (χ3v) is 4.33. The maximum Gasteiger partial charge on any atom is 0.311 e. The topological polar surface area (TPSA) is 83.8 Å². The van der Waals surface area contributed by atoms with Crippen LogP contribution in [0.5, 0.6) is 0 Å². The molecule has 7 heteroatoms. The van der Waals surface area contributed by atoms with Crippen LogP contribution < -0.4 is 0 Å². The molecular weight excluding hydrogens is 369 g/mol. The Kier molecular flexibility index (Phi) is 7.88. The van der Waals surface area contributed by atoms with Crippen LogP contribution in [0.15, 0.2) is 59.0 Å². The lowest BCUT2D eigenvalue weighted by molar-refractivity contribution is -0.137. The van der Waals surface area contributed by atoms with Gasteiger partial charge in [-0.25, -0.2) is 4.39 Å². The molecule has 0 aromatic heterocycles. The Labute approximate surface area is 158 Å². The van der Waals surface area contributed by atoms with E-state index >= 15 is 0 Å². The van der Waals surface area contributed by atoms with E-state index < -0.39 is 16.5 Å². The molecule has 0 unspecified atom stereocenters. The van der Waals surface area contributed by atoms with Gasteiger partial charge in [-0.1, -0.05) is 42.5 Å². The van der Waals surface area contributed by atoms with Crippen molar-refractivity contribution in [3.05, 3.63) is 77.1 Å². The molecular formula is C20H20FNO4S. The van der Waals surface area contributed by atoms with Crippen LogP contribution in [-0.4, -0.2) is 26.0 Å². The van der Waals surface area contributed by atoms with Gasteiger partial charge in [-0.2, -0.15) is 12.8 Å². The van der Waals surface area contributed by atoms with Crippen molar-refractivity contribution in [1.29, 1.82) is 0 Å². The molecule has 0 fully saturated rings. The van der Waals surface area contributed by atoms with Crippen LogP contribution in [-0.2, 0) is 21.7 Å². The second-order valence-corrected chi connectivity index (χ2v) is 6.62. The number of benzene rings is 2. The maximum absolute atomic E-state index is 13.6. The average molecular weight is 389 g/mol. The van der Waals surface area contributed by atoms with Crippen molar-refractivity contribution in [2.45, 2.75) is 25.7 Å². The summed E-state index contributed by atoms with van der Waals surface area (Å²) >= 11 is 0. The summed E-state index contributed by atoms with van der Waals surface area (Å²) in [6, 6.07) is 13.8. The highest BCUT2D eigenvalue weighted by Gasteiger charge is 2.07. The standard InChI is InChI=1S/C20H20FNO4S/c21-18-5-3-4-17(14-18)19(6-1-2-7-20(23)24)16-10-8-15(9-11-16)12-13-22-27(25)26/h3-6,8-11,14H,1-2,7,12-13H2,(H,23,24)/b19-6+. The van der Waals surface area contributed by atoms with Crippen molar-refractivity contribution >= 4 is 22.0 Å². The molecule has 0 aliphatic heterocycles. The van der Waals surface area contributed by atoms with E-state index in [1.807, 2.05) is 36.4 Å². The summed E-state index contributed by atoms with van der Waals surface area (Å²) in [5, 5.41) is 8.77. The molecule has 0 heterocycles. The molecule has 142 valence electrons. The number of carbonyl (C=O) groups is 1. The largest absolute Gasteiger partial charge is 0.481 e. The Morgan fingerprint density at radius 1 is 1.11 bits per heavy atom. The van der Waals surface area contributed by atoms with Crippen molar-refractivity contribution in [2.75, 3.05) is 6.54 Å². The summed E-state index contributed by atoms with van der Waals surface area (Å²) in [4.78, 5) is 10.7. The van der Waals surface area contributed by atoms with E-state index in [2.05, 4.69) is 4.36 Å². The number of hydrogen-bond donors (Lipinski definition) is 1. The van der Waals surface area contributed by atoms with Crippen LogP contribution in [0.4, 0.5) is 4.39 Å². The van der Waals surface area contributed by atoms with E-state index in [0.29, 0.717) is 19.3 Å². The molecule has 2 rings (SSSR count). The second-order valence-electron chi connectivity index (χ2n) is 5.93. The lowest BCUT2D eigenvalue weighted by Gasteiger charge is -2.10. The van der Waals surface area contributed by atoms with Gasteiger partial charge in [0.2, 0.25) is 0 Å². The van der Waals surface area contributed by atoms with Crippen molar-refractivity contribution in [3.8, 4) is 0 Å². The Hall–Kier alpha value is -2.80. The summed E-state index contributed by atoms with van der Waals surface area (Å²) in [7, 11) is -2.40. The fraction of sp³-hybridized carbons (Fsp3) is 0.250. The van der Waals surface area contributed by atoms with Crippen LogP contribution in [0.3, 0.4) is 0 Å².